The molecule has 3 aliphatic heterocycles. The highest BCUT2D eigenvalue weighted by molar-refractivity contribution is 6.00. The first-order valence-electron chi connectivity index (χ1n) is 8.48. The summed E-state index contributed by atoms with van der Waals surface area (Å²) >= 11 is 0. The Morgan fingerprint density at radius 1 is 1.22 bits per heavy atom. The maximum atomic E-state index is 12.8. The van der Waals surface area contributed by atoms with Gasteiger partial charge >= 0.3 is 0 Å². The minimum Gasteiger partial charge on any atom is -0.375 e. The lowest BCUT2D eigenvalue weighted by Gasteiger charge is -2.40. The van der Waals surface area contributed by atoms with Crippen molar-refractivity contribution in [2.24, 2.45) is 0 Å². The Balaban J connectivity index is 1.43. The van der Waals surface area contributed by atoms with Gasteiger partial charge < -0.3 is 15.0 Å². The van der Waals surface area contributed by atoms with E-state index in [1.165, 1.54) is 0 Å². The van der Waals surface area contributed by atoms with E-state index >= 15 is 0 Å². The molecular formula is C18H22N2O3. The molecule has 2 fully saturated rings. The van der Waals surface area contributed by atoms with Crippen molar-refractivity contribution in [1.29, 1.82) is 0 Å². The van der Waals surface area contributed by atoms with Gasteiger partial charge in [0, 0.05) is 31.7 Å². The Labute approximate surface area is 136 Å². The molecule has 4 rings (SSSR count). The second-order valence-electron chi connectivity index (χ2n) is 6.85. The van der Waals surface area contributed by atoms with E-state index in [-0.39, 0.29) is 17.4 Å². The smallest absolute Gasteiger partial charge is 0.252 e. The van der Waals surface area contributed by atoms with Gasteiger partial charge in [0.05, 0.1) is 5.60 Å². The SMILES string of the molecule is O=C1N[C@H](C(=O)N2CCC3(CCCO3)CC2)Cc2ccccc21. The number of nitrogens with zero attached hydrogens (tertiary/aromatic N) is 1. The van der Waals surface area contributed by atoms with Crippen LogP contribution in [0.1, 0.15) is 41.6 Å². The maximum Gasteiger partial charge on any atom is 0.252 e. The van der Waals surface area contributed by atoms with Crippen LogP contribution >= 0.6 is 0 Å². The van der Waals surface area contributed by atoms with Crippen LogP contribution in [0, 0.1) is 0 Å². The molecule has 0 aliphatic carbocycles. The van der Waals surface area contributed by atoms with Crippen molar-refractivity contribution in [3.63, 3.8) is 0 Å². The van der Waals surface area contributed by atoms with Crippen LogP contribution < -0.4 is 5.32 Å². The highest BCUT2D eigenvalue weighted by Gasteiger charge is 2.41. The highest BCUT2D eigenvalue weighted by atomic mass is 16.5. The third-order valence-electron chi connectivity index (χ3n) is 5.46. The Kier molecular flexibility index (Phi) is 3.60. The third kappa shape index (κ3) is 2.63. The molecule has 122 valence electrons. The molecule has 3 aliphatic rings. The first-order chi connectivity index (χ1) is 11.2. The Morgan fingerprint density at radius 2 is 2.00 bits per heavy atom. The van der Waals surface area contributed by atoms with Crippen molar-refractivity contribution in [2.75, 3.05) is 19.7 Å². The molecule has 1 aromatic carbocycles. The van der Waals surface area contributed by atoms with Crippen LogP contribution in [0.25, 0.3) is 0 Å². The summed E-state index contributed by atoms with van der Waals surface area (Å²) in [5.74, 6) is -0.0986. The van der Waals surface area contributed by atoms with Crippen molar-refractivity contribution >= 4 is 11.8 Å². The van der Waals surface area contributed by atoms with Crippen LogP contribution in [0.4, 0.5) is 0 Å². The minimum absolute atomic E-state index is 0.0131. The molecule has 1 atom stereocenters. The molecule has 3 heterocycles. The Morgan fingerprint density at radius 3 is 2.74 bits per heavy atom. The topological polar surface area (TPSA) is 58.6 Å². The number of ether oxygens (including phenoxy) is 1. The molecule has 2 amide bonds. The predicted molar refractivity (Wildman–Crippen MR) is 85.1 cm³/mol. The lowest BCUT2D eigenvalue weighted by molar-refractivity contribution is -0.138. The fourth-order valence-corrected chi connectivity index (χ4v) is 4.08. The normalized spacial score (nSPS) is 26.0. The molecule has 0 radical (unpaired) electrons. The number of carbonyl (C=O) groups excluding carboxylic acids is 2. The van der Waals surface area contributed by atoms with Gasteiger partial charge in [0.25, 0.3) is 5.91 Å². The largest absolute Gasteiger partial charge is 0.375 e. The van der Waals surface area contributed by atoms with Crippen molar-refractivity contribution in [3.05, 3.63) is 35.4 Å². The zero-order valence-electron chi connectivity index (χ0n) is 13.2. The van der Waals surface area contributed by atoms with Crippen LogP contribution in [0.5, 0.6) is 0 Å². The Hall–Kier alpha value is -1.88. The van der Waals surface area contributed by atoms with E-state index in [2.05, 4.69) is 5.32 Å². The molecule has 0 unspecified atom stereocenters. The summed E-state index contributed by atoms with van der Waals surface area (Å²) in [5, 5.41) is 2.87. The summed E-state index contributed by atoms with van der Waals surface area (Å²) in [7, 11) is 0. The van der Waals surface area contributed by atoms with E-state index in [4.69, 9.17) is 4.74 Å². The molecule has 0 aromatic heterocycles. The van der Waals surface area contributed by atoms with Gasteiger partial charge in [0.15, 0.2) is 0 Å². The van der Waals surface area contributed by atoms with Gasteiger partial charge in [-0.15, -0.1) is 0 Å². The van der Waals surface area contributed by atoms with E-state index in [1.54, 1.807) is 0 Å². The number of hydrogen-bond donors (Lipinski definition) is 1. The lowest BCUT2D eigenvalue weighted by atomic mass is 9.88. The van der Waals surface area contributed by atoms with E-state index < -0.39 is 6.04 Å². The van der Waals surface area contributed by atoms with Gasteiger partial charge in [0.1, 0.15) is 6.04 Å². The summed E-state index contributed by atoms with van der Waals surface area (Å²) in [4.78, 5) is 26.9. The highest BCUT2D eigenvalue weighted by Crippen LogP contribution is 2.35. The molecule has 0 saturated carbocycles. The molecule has 23 heavy (non-hydrogen) atoms. The number of fused-ring (bicyclic) bond motifs is 1. The number of carbonyl (C=O) groups is 2. The van der Waals surface area contributed by atoms with Crippen LogP contribution in [0.15, 0.2) is 24.3 Å². The monoisotopic (exact) mass is 314 g/mol. The van der Waals surface area contributed by atoms with E-state index in [1.807, 2.05) is 29.2 Å². The number of hydrogen-bond acceptors (Lipinski definition) is 3. The Bertz CT molecular complexity index is 627. The molecule has 5 heteroatoms. The van der Waals surface area contributed by atoms with Crippen molar-refractivity contribution in [1.82, 2.24) is 10.2 Å². The molecule has 2 saturated heterocycles. The van der Waals surface area contributed by atoms with Gasteiger partial charge in [-0.1, -0.05) is 18.2 Å². The van der Waals surface area contributed by atoms with Crippen LogP contribution in [-0.4, -0.2) is 48.1 Å². The van der Waals surface area contributed by atoms with Gasteiger partial charge in [0.2, 0.25) is 5.91 Å². The average molecular weight is 314 g/mol. The average Bonchev–Trinajstić information content (AvgIpc) is 3.03. The van der Waals surface area contributed by atoms with Crippen LogP contribution in [-0.2, 0) is 16.0 Å². The van der Waals surface area contributed by atoms with Crippen molar-refractivity contribution in [2.45, 2.75) is 43.7 Å². The van der Waals surface area contributed by atoms with Gasteiger partial charge in [-0.25, -0.2) is 0 Å². The van der Waals surface area contributed by atoms with E-state index in [0.29, 0.717) is 12.0 Å². The van der Waals surface area contributed by atoms with Gasteiger partial charge in [-0.05, 0) is 37.3 Å². The summed E-state index contributed by atoms with van der Waals surface area (Å²) in [6.45, 7) is 2.31. The second kappa shape index (κ2) is 5.64. The van der Waals surface area contributed by atoms with E-state index in [0.717, 1.165) is 50.9 Å². The fraction of sp³-hybridized carbons (Fsp3) is 0.556. The van der Waals surface area contributed by atoms with E-state index in [9.17, 15) is 9.59 Å². The molecule has 5 nitrogen and oxygen atoms in total. The number of benzene rings is 1. The summed E-state index contributed by atoms with van der Waals surface area (Å²) in [6.07, 6.45) is 4.65. The fourth-order valence-electron chi connectivity index (χ4n) is 4.08. The zero-order chi connectivity index (χ0) is 15.9. The molecule has 0 bridgehead atoms. The number of rotatable bonds is 1. The summed E-state index contributed by atoms with van der Waals surface area (Å²) in [6, 6.07) is 7.09. The molecule has 1 N–H and O–H groups in total. The summed E-state index contributed by atoms with van der Waals surface area (Å²) < 4.78 is 5.91. The first-order valence-corrected chi connectivity index (χ1v) is 8.48. The van der Waals surface area contributed by atoms with Crippen molar-refractivity contribution in [3.8, 4) is 0 Å². The summed E-state index contributed by atoms with van der Waals surface area (Å²) in [5.41, 5.74) is 1.66. The van der Waals surface area contributed by atoms with Crippen molar-refractivity contribution < 1.29 is 14.3 Å². The third-order valence-corrected chi connectivity index (χ3v) is 5.46. The number of amides is 2. The van der Waals surface area contributed by atoms with Crippen LogP contribution in [0.3, 0.4) is 0 Å². The molecule has 1 aromatic rings. The van der Waals surface area contributed by atoms with Crippen LogP contribution in [0.2, 0.25) is 0 Å². The predicted octanol–water partition coefficient (Wildman–Crippen LogP) is 1.51. The number of likely N-dealkylation sites (tertiary alicyclic amines) is 1. The zero-order valence-corrected chi connectivity index (χ0v) is 13.2. The quantitative estimate of drug-likeness (QED) is 0.855. The minimum atomic E-state index is -0.434. The number of piperidine rings is 1. The van der Waals surface area contributed by atoms with Gasteiger partial charge in [-0.2, -0.15) is 0 Å². The number of nitrogens with one attached hydrogen (secondary N) is 1. The lowest BCUT2D eigenvalue weighted by Crippen LogP contribution is -2.55. The standard InChI is InChI=1S/C18H22N2O3/c21-16-14-5-2-1-4-13(14)12-15(19-16)17(22)20-9-7-18(8-10-20)6-3-11-23-18/h1-2,4-5,15H,3,6-12H2,(H,19,21)/t15-/m0/s1. The van der Waals surface area contributed by atoms with Gasteiger partial charge in [-0.3, -0.25) is 9.59 Å². The first kappa shape index (κ1) is 14.7. The second-order valence-corrected chi connectivity index (χ2v) is 6.85. The maximum absolute atomic E-state index is 12.8. The molecular weight excluding hydrogens is 292 g/mol. The molecule has 1 spiro atoms.